The smallest absolute Gasteiger partial charge is 0.246 e. The second-order valence-corrected chi connectivity index (χ2v) is 8.14. The molecule has 0 radical (unpaired) electrons. The number of aliphatic hydroxyl groups is 3. The fraction of sp³-hybridized carbons (Fsp3) is 0.659. The van der Waals surface area contributed by atoms with Gasteiger partial charge >= 0.3 is 0 Å². The summed E-state index contributed by atoms with van der Waals surface area (Å²) in [6.45, 7) is 33.2. The Morgan fingerprint density at radius 1 is 0.796 bits per heavy atom. The first-order valence-corrected chi connectivity index (χ1v) is 17.2. The van der Waals surface area contributed by atoms with Crippen LogP contribution in [0.25, 0.3) is 0 Å². The van der Waals surface area contributed by atoms with E-state index in [0.29, 0.717) is 13.1 Å². The van der Waals surface area contributed by atoms with E-state index in [1.165, 1.54) is 45.4 Å². The molecular formula is C41H80N2O6. The van der Waals surface area contributed by atoms with E-state index in [2.05, 4.69) is 107 Å². The average molecular weight is 697 g/mol. The molecule has 2 amide bonds. The zero-order valence-electron chi connectivity index (χ0n) is 34.6. The van der Waals surface area contributed by atoms with Crippen molar-refractivity contribution in [2.45, 2.75) is 142 Å². The molecule has 8 nitrogen and oxygen atoms in total. The Bertz CT molecular complexity index is 792. The zero-order valence-corrected chi connectivity index (χ0v) is 34.6. The van der Waals surface area contributed by atoms with Gasteiger partial charge in [-0.2, -0.15) is 0 Å². The Morgan fingerprint density at radius 2 is 1.14 bits per heavy atom. The molecule has 0 rings (SSSR count). The molecule has 0 saturated heterocycles. The van der Waals surface area contributed by atoms with Gasteiger partial charge in [-0.05, 0) is 41.5 Å². The number of amides is 2. The van der Waals surface area contributed by atoms with Crippen LogP contribution in [0.5, 0.6) is 0 Å². The van der Waals surface area contributed by atoms with Crippen molar-refractivity contribution in [1.82, 2.24) is 10.6 Å². The predicted octanol–water partition coefficient (Wildman–Crippen LogP) is 8.64. The Morgan fingerprint density at radius 3 is 1.33 bits per heavy atom. The standard InChI is InChI=1S/C8H13NO3.C6H9NO.C5H12.C4H6O.C4H10.C3H6O.C3H8.C3H6.C3H4.C2H6/c1-2-3-4-9-8(11)7-12-6-5-10;1-3-4-5-7-6(2)8;1-3-5-4-2;1-2-3-4-5;1-3-4-2;1-2-3-4;3*1-3-2;1-2/h10H,4-7H2,1H3,(H,9,11);5H2,1-2H3,(H,7,8);3-5H2,1-2H3;5H,4H2,1H3;3-4H2,1-2H3;2-4H,1H3;3H2,1-2H3;3H,1H2,2H3;1H,2H3;1-2H3. The summed E-state index contributed by atoms with van der Waals surface area (Å²) in [7, 11) is 0. The highest BCUT2D eigenvalue weighted by atomic mass is 16.5. The topological polar surface area (TPSA) is 128 Å². The van der Waals surface area contributed by atoms with Crippen molar-refractivity contribution in [1.29, 1.82) is 0 Å². The van der Waals surface area contributed by atoms with Crippen molar-refractivity contribution < 1.29 is 29.6 Å². The van der Waals surface area contributed by atoms with Gasteiger partial charge in [0.25, 0.3) is 0 Å². The quantitative estimate of drug-likeness (QED) is 0.0711. The van der Waals surface area contributed by atoms with Gasteiger partial charge in [-0.25, -0.2) is 0 Å². The third-order valence-electron chi connectivity index (χ3n) is 3.23. The van der Waals surface area contributed by atoms with Crippen LogP contribution in [-0.2, 0) is 14.3 Å². The number of aliphatic hydroxyl groups excluding tert-OH is 3. The molecule has 0 atom stereocenters. The van der Waals surface area contributed by atoms with Gasteiger partial charge in [0.15, 0.2) is 0 Å². The van der Waals surface area contributed by atoms with Gasteiger partial charge in [0.05, 0.1) is 32.6 Å². The number of terminal acetylenes is 1. The third-order valence-corrected chi connectivity index (χ3v) is 3.23. The summed E-state index contributed by atoms with van der Waals surface area (Å²) in [5, 5.41) is 29.0. The lowest BCUT2D eigenvalue weighted by atomic mass is 10.3. The molecule has 0 aliphatic carbocycles. The van der Waals surface area contributed by atoms with Gasteiger partial charge in [-0.1, -0.05) is 124 Å². The number of nitrogens with one attached hydrogen (secondary N) is 2. The maximum absolute atomic E-state index is 10.8. The Hall–Kier alpha value is -3.66. The summed E-state index contributed by atoms with van der Waals surface area (Å²) < 4.78 is 4.77. The van der Waals surface area contributed by atoms with Crippen molar-refractivity contribution in [3.63, 3.8) is 0 Å². The molecular weight excluding hydrogens is 616 g/mol. The lowest BCUT2D eigenvalue weighted by Gasteiger charge is -2.01. The van der Waals surface area contributed by atoms with E-state index in [4.69, 9.17) is 20.1 Å². The number of allylic oxidation sites excluding steroid dienone is 2. The van der Waals surface area contributed by atoms with Crippen molar-refractivity contribution in [2.75, 3.05) is 39.5 Å². The average Bonchev–Trinajstić information content (AvgIpc) is 3.09. The van der Waals surface area contributed by atoms with Gasteiger partial charge in [-0.3, -0.25) is 9.59 Å². The Kier molecular flexibility index (Phi) is 162. The highest BCUT2D eigenvalue weighted by Crippen LogP contribution is 1.88. The largest absolute Gasteiger partial charge is 0.516 e. The number of ether oxygens (including phenoxy) is 1. The van der Waals surface area contributed by atoms with Crippen LogP contribution in [0.2, 0.25) is 0 Å². The summed E-state index contributed by atoms with van der Waals surface area (Å²) in [6.07, 6.45) is 16.9. The molecule has 0 aliphatic heterocycles. The zero-order chi connectivity index (χ0) is 40.8. The van der Waals surface area contributed by atoms with E-state index >= 15 is 0 Å². The first-order valence-electron chi connectivity index (χ1n) is 17.2. The number of hydrogen-bond donors (Lipinski definition) is 5. The molecule has 0 aromatic heterocycles. The normalized spacial score (nSPS) is 6.86. The molecule has 0 aliphatic rings. The molecule has 49 heavy (non-hydrogen) atoms. The van der Waals surface area contributed by atoms with Crippen LogP contribution in [0.15, 0.2) is 25.0 Å². The SMILES string of the molecule is C#CC.C=CC.CC.CC#CCNC(=O)COCCO.CC#CCNC(C)=O.CC#CCO.CC=CO.CCC.CCCC.CCCCC. The first-order chi connectivity index (χ1) is 23.5. The van der Waals surface area contributed by atoms with Gasteiger partial charge in [-0.15, -0.1) is 36.7 Å². The molecule has 0 unspecified atom stereocenters. The van der Waals surface area contributed by atoms with Crippen molar-refractivity contribution in [2.24, 2.45) is 0 Å². The second-order valence-electron chi connectivity index (χ2n) is 8.14. The van der Waals surface area contributed by atoms with Gasteiger partial charge in [0.2, 0.25) is 11.8 Å². The summed E-state index contributed by atoms with van der Waals surface area (Å²) >= 11 is 0. The molecule has 8 heteroatoms. The Labute approximate surface area is 306 Å². The maximum Gasteiger partial charge on any atom is 0.246 e. The van der Waals surface area contributed by atoms with Crippen LogP contribution in [0.1, 0.15) is 142 Å². The van der Waals surface area contributed by atoms with E-state index in [-0.39, 0.29) is 38.2 Å². The molecule has 0 aromatic carbocycles. The fourth-order valence-corrected chi connectivity index (χ4v) is 1.20. The number of carbonyl (C=O) groups excluding carboxylic acids is 2. The molecule has 0 bridgehead atoms. The summed E-state index contributed by atoms with van der Waals surface area (Å²) in [5.74, 6) is 17.6. The summed E-state index contributed by atoms with van der Waals surface area (Å²) in [6, 6.07) is 0. The van der Waals surface area contributed by atoms with Crippen LogP contribution in [-0.4, -0.2) is 66.7 Å². The minimum Gasteiger partial charge on any atom is -0.516 e. The van der Waals surface area contributed by atoms with E-state index in [1.807, 2.05) is 20.8 Å². The first kappa shape index (κ1) is 71.4. The van der Waals surface area contributed by atoms with Crippen molar-refractivity contribution in [3.05, 3.63) is 25.0 Å². The van der Waals surface area contributed by atoms with Gasteiger partial charge in [0.1, 0.15) is 13.2 Å². The van der Waals surface area contributed by atoms with E-state index in [1.54, 1.807) is 46.8 Å². The minimum atomic E-state index is -0.216. The number of rotatable bonds is 9. The lowest BCUT2D eigenvalue weighted by molar-refractivity contribution is -0.125. The van der Waals surface area contributed by atoms with Crippen molar-refractivity contribution >= 4 is 11.8 Å². The number of unbranched alkanes of at least 4 members (excludes halogenated alkanes) is 3. The predicted molar refractivity (Wildman–Crippen MR) is 218 cm³/mol. The highest BCUT2D eigenvalue weighted by molar-refractivity contribution is 5.77. The van der Waals surface area contributed by atoms with Gasteiger partial charge in [0, 0.05) is 6.92 Å². The van der Waals surface area contributed by atoms with Crippen molar-refractivity contribution in [3.8, 4) is 47.9 Å². The molecule has 0 spiro atoms. The van der Waals surface area contributed by atoms with Gasteiger partial charge < -0.3 is 30.7 Å². The molecule has 290 valence electrons. The van der Waals surface area contributed by atoms with E-state index < -0.39 is 0 Å². The van der Waals surface area contributed by atoms with E-state index in [9.17, 15) is 9.59 Å². The molecule has 0 aromatic rings. The molecule has 0 fully saturated rings. The highest BCUT2D eigenvalue weighted by Gasteiger charge is 1.97. The molecule has 5 N–H and O–H groups in total. The number of carbonyl (C=O) groups is 2. The number of hydrogen-bond acceptors (Lipinski definition) is 6. The van der Waals surface area contributed by atoms with Crippen LogP contribution >= 0.6 is 0 Å². The Balaban J connectivity index is -0.0000000456. The second kappa shape index (κ2) is 111. The monoisotopic (exact) mass is 697 g/mol. The maximum atomic E-state index is 10.8. The van der Waals surface area contributed by atoms with E-state index in [0.717, 1.165) is 6.26 Å². The lowest BCUT2D eigenvalue weighted by Crippen LogP contribution is -2.28. The van der Waals surface area contributed by atoms with Crippen LogP contribution in [0.3, 0.4) is 0 Å². The van der Waals surface area contributed by atoms with Crippen LogP contribution < -0.4 is 10.6 Å². The molecule has 0 saturated carbocycles. The third kappa shape index (κ3) is 264. The summed E-state index contributed by atoms with van der Waals surface area (Å²) in [5.41, 5.74) is 0. The van der Waals surface area contributed by atoms with Crippen LogP contribution in [0.4, 0.5) is 0 Å². The van der Waals surface area contributed by atoms with Crippen LogP contribution in [0, 0.1) is 47.9 Å². The molecule has 0 heterocycles. The minimum absolute atomic E-state index is 0.0174. The fourth-order valence-electron chi connectivity index (χ4n) is 1.20. The summed E-state index contributed by atoms with van der Waals surface area (Å²) in [4.78, 5) is 20.9.